The Hall–Kier alpha value is -2.06. The van der Waals surface area contributed by atoms with Gasteiger partial charge in [-0.2, -0.15) is 5.26 Å². The number of hydrogen-bond acceptors (Lipinski definition) is 4. The number of benzene rings is 1. The first kappa shape index (κ1) is 13.4. The van der Waals surface area contributed by atoms with Gasteiger partial charge in [0, 0.05) is 6.54 Å². The van der Waals surface area contributed by atoms with Gasteiger partial charge >= 0.3 is 0 Å². The highest BCUT2D eigenvalue weighted by Gasteiger charge is 2.46. The van der Waals surface area contributed by atoms with Crippen molar-refractivity contribution in [3.63, 3.8) is 0 Å². The summed E-state index contributed by atoms with van der Waals surface area (Å²) in [5, 5.41) is 11.8. The minimum Gasteiger partial charge on any atom is -0.496 e. The molecule has 0 atom stereocenters. The second-order valence-electron chi connectivity index (χ2n) is 4.50. The first-order valence-electron chi connectivity index (χ1n) is 6.11. The molecule has 1 N–H and O–H groups in total. The maximum Gasteiger partial charge on any atom is 0.245 e. The smallest absolute Gasteiger partial charge is 0.245 e. The summed E-state index contributed by atoms with van der Waals surface area (Å²) < 4.78 is 10.2. The lowest BCUT2D eigenvalue weighted by Gasteiger charge is -2.33. The summed E-state index contributed by atoms with van der Waals surface area (Å²) in [6, 6.07) is 9.69. The molecule has 0 unspecified atom stereocenters. The van der Waals surface area contributed by atoms with Crippen LogP contribution in [0.15, 0.2) is 24.3 Å². The van der Waals surface area contributed by atoms with E-state index in [4.69, 9.17) is 14.7 Å². The molecule has 1 amide bonds. The first-order chi connectivity index (χ1) is 9.22. The number of para-hydroxylation sites is 1. The van der Waals surface area contributed by atoms with Crippen molar-refractivity contribution in [2.75, 3.05) is 26.9 Å². The molecule has 1 aromatic rings. The summed E-state index contributed by atoms with van der Waals surface area (Å²) in [5.74, 6) is 0.551. The fourth-order valence-corrected chi connectivity index (χ4v) is 1.94. The average Bonchev–Trinajstić information content (AvgIpc) is 2.38. The zero-order chi connectivity index (χ0) is 13.7. The molecule has 5 heteroatoms. The Bertz CT molecular complexity index is 504. The topological polar surface area (TPSA) is 71.3 Å². The molecule has 2 rings (SSSR count). The van der Waals surface area contributed by atoms with Gasteiger partial charge < -0.3 is 14.8 Å². The molecular formula is C14H16N2O3. The van der Waals surface area contributed by atoms with Crippen LogP contribution in [0.4, 0.5) is 0 Å². The first-order valence-corrected chi connectivity index (χ1v) is 6.11. The van der Waals surface area contributed by atoms with E-state index in [9.17, 15) is 4.79 Å². The zero-order valence-corrected chi connectivity index (χ0v) is 10.8. The standard InChI is InChI=1S/C14H16N2O3/c1-18-12-5-3-2-4-11(12)6-7-16-13(17)14(8-15)9-19-10-14/h2-5H,6-7,9-10H2,1H3,(H,16,17). The van der Waals surface area contributed by atoms with Gasteiger partial charge in [-0.3, -0.25) is 4.79 Å². The minimum atomic E-state index is -0.985. The maximum absolute atomic E-state index is 11.9. The third kappa shape index (κ3) is 2.69. The summed E-state index contributed by atoms with van der Waals surface area (Å²) in [5.41, 5.74) is 0.0435. The van der Waals surface area contributed by atoms with Crippen LogP contribution in [0.25, 0.3) is 0 Å². The number of rotatable bonds is 5. The Morgan fingerprint density at radius 3 is 2.84 bits per heavy atom. The zero-order valence-electron chi connectivity index (χ0n) is 10.8. The number of nitriles is 1. The quantitative estimate of drug-likeness (QED) is 0.853. The van der Waals surface area contributed by atoms with Gasteiger partial charge in [0.25, 0.3) is 0 Å². The van der Waals surface area contributed by atoms with Crippen LogP contribution in [0.3, 0.4) is 0 Å². The molecule has 1 heterocycles. The number of carbonyl (C=O) groups is 1. The number of methoxy groups -OCH3 is 1. The number of carbonyl (C=O) groups excluding carboxylic acids is 1. The lowest BCUT2D eigenvalue weighted by molar-refractivity contribution is -0.149. The molecule has 1 aromatic carbocycles. The number of nitrogens with zero attached hydrogens (tertiary/aromatic N) is 1. The van der Waals surface area contributed by atoms with E-state index in [0.29, 0.717) is 13.0 Å². The van der Waals surface area contributed by atoms with E-state index in [1.807, 2.05) is 30.3 Å². The third-order valence-corrected chi connectivity index (χ3v) is 3.22. The van der Waals surface area contributed by atoms with Crippen LogP contribution >= 0.6 is 0 Å². The predicted octanol–water partition coefficient (Wildman–Crippen LogP) is 0.894. The Kier molecular flexibility index (Phi) is 4.03. The Morgan fingerprint density at radius 1 is 1.53 bits per heavy atom. The number of hydrogen-bond donors (Lipinski definition) is 1. The van der Waals surface area contributed by atoms with Crippen molar-refractivity contribution in [2.24, 2.45) is 5.41 Å². The summed E-state index contributed by atoms with van der Waals surface area (Å²) >= 11 is 0. The molecule has 0 spiro atoms. The third-order valence-electron chi connectivity index (χ3n) is 3.22. The summed E-state index contributed by atoms with van der Waals surface area (Å²) in [6.45, 7) is 0.844. The monoisotopic (exact) mass is 260 g/mol. The summed E-state index contributed by atoms with van der Waals surface area (Å²) in [6.07, 6.45) is 0.665. The number of nitrogens with one attached hydrogen (secondary N) is 1. The highest BCUT2D eigenvalue weighted by molar-refractivity contribution is 5.86. The van der Waals surface area contributed by atoms with Crippen LogP contribution in [-0.4, -0.2) is 32.8 Å². The lowest BCUT2D eigenvalue weighted by Crippen LogP contribution is -2.53. The van der Waals surface area contributed by atoms with Crippen molar-refractivity contribution in [1.29, 1.82) is 5.26 Å². The lowest BCUT2D eigenvalue weighted by atomic mass is 9.87. The molecule has 1 aliphatic heterocycles. The van der Waals surface area contributed by atoms with Crippen molar-refractivity contribution in [1.82, 2.24) is 5.32 Å². The summed E-state index contributed by atoms with van der Waals surface area (Å²) in [7, 11) is 1.62. The average molecular weight is 260 g/mol. The van der Waals surface area contributed by atoms with E-state index < -0.39 is 5.41 Å². The van der Waals surface area contributed by atoms with E-state index in [0.717, 1.165) is 11.3 Å². The molecule has 1 aliphatic rings. The Labute approximate surface area is 112 Å². The molecule has 100 valence electrons. The molecule has 1 saturated heterocycles. The fraction of sp³-hybridized carbons (Fsp3) is 0.429. The molecule has 0 bridgehead atoms. The second-order valence-corrected chi connectivity index (χ2v) is 4.50. The van der Waals surface area contributed by atoms with Crippen LogP contribution < -0.4 is 10.1 Å². The number of ether oxygens (including phenoxy) is 2. The molecule has 0 radical (unpaired) electrons. The molecule has 1 fully saturated rings. The van der Waals surface area contributed by atoms with Crippen LogP contribution in [-0.2, 0) is 16.0 Å². The molecule has 0 aromatic heterocycles. The van der Waals surface area contributed by atoms with Crippen molar-refractivity contribution >= 4 is 5.91 Å². The fourth-order valence-electron chi connectivity index (χ4n) is 1.94. The van der Waals surface area contributed by atoms with E-state index in [-0.39, 0.29) is 19.1 Å². The van der Waals surface area contributed by atoms with Gasteiger partial charge in [-0.25, -0.2) is 0 Å². The van der Waals surface area contributed by atoms with Crippen LogP contribution in [0, 0.1) is 16.7 Å². The highest BCUT2D eigenvalue weighted by Crippen LogP contribution is 2.26. The van der Waals surface area contributed by atoms with Gasteiger partial charge in [0.15, 0.2) is 5.41 Å². The van der Waals surface area contributed by atoms with Gasteiger partial charge in [-0.1, -0.05) is 18.2 Å². The van der Waals surface area contributed by atoms with Gasteiger partial charge in [0.1, 0.15) is 5.75 Å². The molecule has 5 nitrogen and oxygen atoms in total. The van der Waals surface area contributed by atoms with Crippen LogP contribution in [0.1, 0.15) is 5.56 Å². The van der Waals surface area contributed by atoms with Gasteiger partial charge in [-0.05, 0) is 18.1 Å². The van der Waals surface area contributed by atoms with E-state index in [1.165, 1.54) is 0 Å². The molecular weight excluding hydrogens is 244 g/mol. The number of amides is 1. The normalized spacial score (nSPS) is 16.0. The van der Waals surface area contributed by atoms with E-state index >= 15 is 0 Å². The Balaban J connectivity index is 1.87. The van der Waals surface area contributed by atoms with Crippen molar-refractivity contribution < 1.29 is 14.3 Å². The predicted molar refractivity (Wildman–Crippen MR) is 68.6 cm³/mol. The Morgan fingerprint density at radius 2 is 2.26 bits per heavy atom. The van der Waals surface area contributed by atoms with Gasteiger partial charge in [0.05, 0.1) is 26.4 Å². The maximum atomic E-state index is 11.9. The van der Waals surface area contributed by atoms with E-state index in [2.05, 4.69) is 5.32 Å². The molecule has 19 heavy (non-hydrogen) atoms. The largest absolute Gasteiger partial charge is 0.496 e. The van der Waals surface area contributed by atoms with Crippen molar-refractivity contribution in [3.8, 4) is 11.8 Å². The van der Waals surface area contributed by atoms with Crippen LogP contribution in [0.5, 0.6) is 5.75 Å². The second kappa shape index (κ2) is 5.72. The molecule has 0 saturated carbocycles. The van der Waals surface area contributed by atoms with Crippen molar-refractivity contribution in [3.05, 3.63) is 29.8 Å². The highest BCUT2D eigenvalue weighted by atomic mass is 16.5. The van der Waals surface area contributed by atoms with Gasteiger partial charge in [-0.15, -0.1) is 0 Å². The van der Waals surface area contributed by atoms with Gasteiger partial charge in [0.2, 0.25) is 5.91 Å². The van der Waals surface area contributed by atoms with Crippen LogP contribution in [0.2, 0.25) is 0 Å². The SMILES string of the molecule is COc1ccccc1CCNC(=O)C1(C#N)COC1. The minimum absolute atomic E-state index is 0.185. The summed E-state index contributed by atoms with van der Waals surface area (Å²) in [4.78, 5) is 11.9. The molecule has 0 aliphatic carbocycles. The van der Waals surface area contributed by atoms with E-state index in [1.54, 1.807) is 7.11 Å². The van der Waals surface area contributed by atoms with Crippen molar-refractivity contribution in [2.45, 2.75) is 6.42 Å².